The predicted molar refractivity (Wildman–Crippen MR) is 226 cm³/mol. The molecule has 1 aliphatic carbocycles. The largest absolute Gasteiger partial charge is 0.472 e. The van der Waals surface area contributed by atoms with Crippen LogP contribution < -0.4 is 0 Å². The number of hydrogen-bond donors (Lipinski definition) is 6. The van der Waals surface area contributed by atoms with Crippen LogP contribution in [0.5, 0.6) is 0 Å². The Kier molecular flexibility index (Phi) is 32.0. The van der Waals surface area contributed by atoms with E-state index in [1.807, 2.05) is 0 Å². The summed E-state index contributed by atoms with van der Waals surface area (Å²) in [6.07, 6.45) is 26.1. The Morgan fingerprint density at radius 2 is 0.931 bits per heavy atom. The van der Waals surface area contributed by atoms with E-state index in [-0.39, 0.29) is 12.8 Å². The van der Waals surface area contributed by atoms with Gasteiger partial charge in [0.25, 0.3) is 0 Å². The van der Waals surface area contributed by atoms with Crippen molar-refractivity contribution in [1.82, 2.24) is 0 Å². The lowest BCUT2D eigenvalue weighted by Crippen LogP contribution is -2.64. The normalized spacial score (nSPS) is 23.0. The molecule has 8 atom stereocenters. The van der Waals surface area contributed by atoms with Gasteiger partial charge in [-0.25, -0.2) is 4.57 Å². The van der Waals surface area contributed by atoms with E-state index in [1.165, 1.54) is 57.8 Å². The van der Waals surface area contributed by atoms with Crippen molar-refractivity contribution in [3.05, 3.63) is 48.6 Å². The van der Waals surface area contributed by atoms with E-state index in [1.54, 1.807) is 0 Å². The van der Waals surface area contributed by atoms with Crippen molar-refractivity contribution in [1.29, 1.82) is 0 Å². The minimum absolute atomic E-state index is 0.0590. The van der Waals surface area contributed by atoms with Gasteiger partial charge in [-0.2, -0.15) is 0 Å². The van der Waals surface area contributed by atoms with Gasteiger partial charge in [0.1, 0.15) is 43.2 Å². The van der Waals surface area contributed by atoms with Crippen molar-refractivity contribution >= 4 is 19.8 Å². The summed E-state index contributed by atoms with van der Waals surface area (Å²) in [5.74, 6) is -1.14. The summed E-state index contributed by atoms with van der Waals surface area (Å²) in [7, 11) is -5.12. The summed E-state index contributed by atoms with van der Waals surface area (Å²) in [4.78, 5) is 35.5. The highest BCUT2D eigenvalue weighted by Crippen LogP contribution is 2.47. The minimum atomic E-state index is -5.12. The molecule has 13 nitrogen and oxygen atoms in total. The van der Waals surface area contributed by atoms with E-state index in [0.717, 1.165) is 64.2 Å². The van der Waals surface area contributed by atoms with Crippen LogP contribution in [0.2, 0.25) is 0 Å². The lowest BCUT2D eigenvalue weighted by molar-refractivity contribution is -0.220. The summed E-state index contributed by atoms with van der Waals surface area (Å²) in [5, 5.41) is 50.0. The lowest BCUT2D eigenvalue weighted by atomic mass is 9.85. The first-order chi connectivity index (χ1) is 27.9. The Labute approximate surface area is 348 Å². The Morgan fingerprint density at radius 1 is 0.534 bits per heavy atom. The Morgan fingerprint density at radius 3 is 1.45 bits per heavy atom. The second-order valence-electron chi connectivity index (χ2n) is 15.2. The fourth-order valence-electron chi connectivity index (χ4n) is 6.33. The maximum Gasteiger partial charge on any atom is 0.472 e. The van der Waals surface area contributed by atoms with Crippen LogP contribution in [0.1, 0.15) is 162 Å². The molecular formula is C44H77O13P. The summed E-state index contributed by atoms with van der Waals surface area (Å²) in [6, 6.07) is 0. The average molecular weight is 845 g/mol. The number of phosphoric acid groups is 1. The minimum Gasteiger partial charge on any atom is -0.462 e. The van der Waals surface area contributed by atoms with Gasteiger partial charge in [0.15, 0.2) is 6.10 Å². The fraction of sp³-hybridized carbons (Fsp3) is 0.773. The first-order valence-electron chi connectivity index (χ1n) is 21.9. The van der Waals surface area contributed by atoms with E-state index < -0.39 is 75.7 Å². The maximum atomic E-state index is 12.8. The van der Waals surface area contributed by atoms with Crippen LogP contribution in [0, 0.1) is 0 Å². The van der Waals surface area contributed by atoms with E-state index in [2.05, 4.69) is 62.5 Å². The quantitative estimate of drug-likeness (QED) is 0.0155. The van der Waals surface area contributed by atoms with Gasteiger partial charge in [-0.15, -0.1) is 0 Å². The molecule has 1 aliphatic rings. The summed E-state index contributed by atoms with van der Waals surface area (Å²) < 4.78 is 33.4. The van der Waals surface area contributed by atoms with E-state index in [4.69, 9.17) is 18.5 Å². The van der Waals surface area contributed by atoms with E-state index in [0.29, 0.717) is 12.8 Å². The molecule has 336 valence electrons. The number of ether oxygens (including phenoxy) is 2. The van der Waals surface area contributed by atoms with Crippen molar-refractivity contribution in [3.63, 3.8) is 0 Å². The molecule has 0 spiro atoms. The molecule has 0 radical (unpaired) electrons. The van der Waals surface area contributed by atoms with Gasteiger partial charge >= 0.3 is 19.8 Å². The smallest absolute Gasteiger partial charge is 0.462 e. The lowest BCUT2D eigenvalue weighted by Gasteiger charge is -2.41. The van der Waals surface area contributed by atoms with Crippen LogP contribution in [-0.4, -0.2) is 98.3 Å². The van der Waals surface area contributed by atoms with Crippen LogP contribution >= 0.6 is 7.82 Å². The van der Waals surface area contributed by atoms with Crippen LogP contribution in [0.15, 0.2) is 48.6 Å². The highest BCUT2D eigenvalue weighted by atomic mass is 31.2. The molecule has 1 saturated carbocycles. The highest BCUT2D eigenvalue weighted by molar-refractivity contribution is 7.47. The molecule has 0 saturated heterocycles. The summed E-state index contributed by atoms with van der Waals surface area (Å²) in [6.45, 7) is 3.21. The monoisotopic (exact) mass is 845 g/mol. The molecule has 0 amide bonds. The van der Waals surface area contributed by atoms with Crippen molar-refractivity contribution in [2.24, 2.45) is 0 Å². The van der Waals surface area contributed by atoms with Gasteiger partial charge in [-0.05, 0) is 57.8 Å². The number of unbranched alkanes of at least 4 members (excludes halogenated alkanes) is 15. The molecule has 14 heteroatoms. The van der Waals surface area contributed by atoms with Crippen molar-refractivity contribution < 1.29 is 63.1 Å². The molecule has 6 unspecified atom stereocenters. The van der Waals surface area contributed by atoms with Crippen LogP contribution in [-0.2, 0) is 32.7 Å². The molecule has 6 N–H and O–H groups in total. The van der Waals surface area contributed by atoms with Gasteiger partial charge in [0.2, 0.25) is 0 Å². The zero-order valence-electron chi connectivity index (χ0n) is 35.3. The number of carbonyl (C=O) groups excluding carboxylic acids is 2. The molecule has 1 fully saturated rings. The van der Waals surface area contributed by atoms with Crippen LogP contribution in [0.25, 0.3) is 0 Å². The van der Waals surface area contributed by atoms with Crippen LogP contribution in [0.4, 0.5) is 0 Å². The topological polar surface area (TPSA) is 210 Å². The molecule has 0 aromatic carbocycles. The highest BCUT2D eigenvalue weighted by Gasteiger charge is 2.51. The Balaban J connectivity index is 2.50. The zero-order chi connectivity index (χ0) is 42.9. The Bertz CT molecular complexity index is 1210. The predicted octanol–water partition coefficient (Wildman–Crippen LogP) is 8.00. The van der Waals surface area contributed by atoms with Gasteiger partial charge in [0.05, 0.1) is 6.61 Å². The number of aliphatic hydroxyl groups excluding tert-OH is 5. The number of phosphoric ester groups is 1. The SMILES string of the molecule is CCCCC/C=C/C/C=C/C/C=C/C/C=C/CCCCCC(=O)O[C@H](COC(=O)CCCCCCCCCCCC)COP(=O)(O)OC1C(O)C(O)C(O)[C@H](O)C1O. The third kappa shape index (κ3) is 26.8. The molecule has 0 bridgehead atoms. The van der Waals surface area contributed by atoms with Crippen LogP contribution in [0.3, 0.4) is 0 Å². The number of hydrogen-bond acceptors (Lipinski definition) is 12. The molecule has 0 aromatic rings. The number of rotatable bonds is 35. The number of esters is 2. The third-order valence-corrected chi connectivity index (χ3v) is 10.9. The van der Waals surface area contributed by atoms with E-state index in [9.17, 15) is 44.6 Å². The fourth-order valence-corrected chi connectivity index (χ4v) is 7.30. The van der Waals surface area contributed by atoms with Crippen molar-refractivity contribution in [3.8, 4) is 0 Å². The Hall–Kier alpha value is -2.19. The zero-order valence-corrected chi connectivity index (χ0v) is 36.2. The van der Waals surface area contributed by atoms with Gasteiger partial charge in [-0.3, -0.25) is 18.6 Å². The molecule has 58 heavy (non-hydrogen) atoms. The molecular weight excluding hydrogens is 767 g/mol. The number of aliphatic hydroxyl groups is 5. The van der Waals surface area contributed by atoms with Crippen molar-refractivity contribution in [2.45, 2.75) is 204 Å². The number of allylic oxidation sites excluding steroid dienone is 8. The first-order valence-corrected chi connectivity index (χ1v) is 23.4. The molecule has 0 heterocycles. The van der Waals surface area contributed by atoms with Gasteiger partial charge in [-0.1, -0.05) is 140 Å². The first kappa shape index (κ1) is 53.8. The standard InChI is InChI=1S/C44H77O13P/c1-3-5-7-9-11-13-15-16-17-18-19-20-21-22-23-25-27-29-31-33-38(46)56-36(34-54-37(45)32-30-28-26-24-14-12-10-8-6-4-2)35-55-58(52,53)57-44-42(50)40(48)39(47)41(49)43(44)51/h11,13,16-17,19-20,22-23,36,39-44,47-51H,3-10,12,14-15,18,21,24-35H2,1-2H3,(H,52,53)/b13-11+,17-16+,20-19+,23-22+/t36-,39?,40+,41?,42?,43?,44?/m1/s1. The average Bonchev–Trinajstić information content (AvgIpc) is 3.20. The summed E-state index contributed by atoms with van der Waals surface area (Å²) in [5.41, 5.74) is 0. The third-order valence-electron chi connectivity index (χ3n) is 9.92. The second-order valence-corrected chi connectivity index (χ2v) is 16.6. The molecule has 0 aromatic heterocycles. The number of carbonyl (C=O) groups is 2. The summed E-state index contributed by atoms with van der Waals surface area (Å²) >= 11 is 0. The van der Waals surface area contributed by atoms with Gasteiger partial charge < -0.3 is 39.9 Å². The molecule has 0 aliphatic heterocycles. The second kappa shape index (κ2) is 34.5. The molecule has 1 rings (SSSR count). The van der Waals surface area contributed by atoms with Gasteiger partial charge in [0, 0.05) is 12.8 Å². The van der Waals surface area contributed by atoms with Crippen molar-refractivity contribution in [2.75, 3.05) is 13.2 Å². The van der Waals surface area contributed by atoms with E-state index >= 15 is 0 Å². The maximum absolute atomic E-state index is 12.8.